The van der Waals surface area contributed by atoms with Gasteiger partial charge in [0.05, 0.1) is 0 Å². The molecule has 0 aromatic heterocycles. The van der Waals surface area contributed by atoms with E-state index in [0.29, 0.717) is 13.2 Å². The lowest BCUT2D eigenvalue weighted by atomic mass is 9.99. The Labute approximate surface area is 171 Å². The van der Waals surface area contributed by atoms with Gasteiger partial charge in [-0.15, -0.1) is 9.05 Å². The third-order valence-corrected chi connectivity index (χ3v) is 5.53. The molecule has 0 N–H and O–H groups in total. The Morgan fingerprint density at radius 3 is 1.33 bits per heavy atom. The quantitative estimate of drug-likeness (QED) is 0.150. The zero-order valence-electron chi connectivity index (χ0n) is 18.9. The summed E-state index contributed by atoms with van der Waals surface area (Å²) in [6.07, 6.45) is 21.7. The van der Waals surface area contributed by atoms with Crippen LogP contribution in [0.4, 0.5) is 0 Å². The smallest absolute Gasteiger partial charge is 0.119 e. The van der Waals surface area contributed by atoms with Gasteiger partial charge in [0.15, 0.2) is 0 Å². The predicted octanol–water partition coefficient (Wildman–Crippen LogP) is 8.98. The number of hydrogen-bond donors (Lipinski definition) is 0. The van der Waals surface area contributed by atoms with Crippen LogP contribution >= 0.6 is 8.25 Å². The highest BCUT2D eigenvalue weighted by molar-refractivity contribution is 7.33. The van der Waals surface area contributed by atoms with Crippen LogP contribution in [0.2, 0.25) is 0 Å². The third kappa shape index (κ3) is 24.0. The van der Waals surface area contributed by atoms with E-state index in [1.54, 1.807) is 0 Å². The van der Waals surface area contributed by atoms with Gasteiger partial charge >= 0.3 is 8.25 Å². The summed E-state index contributed by atoms with van der Waals surface area (Å²) < 4.78 is 22.0. The fraction of sp³-hybridized carbons (Fsp3) is 1.00. The minimum Gasteiger partial charge on any atom is -0.119 e. The van der Waals surface area contributed by atoms with E-state index in [-0.39, 0.29) is 5.41 Å². The maximum atomic E-state index is 11.6. The molecule has 3 nitrogen and oxygen atoms in total. The molecule has 0 aromatic carbocycles. The van der Waals surface area contributed by atoms with Crippen molar-refractivity contribution in [3.63, 3.8) is 0 Å². The first kappa shape index (κ1) is 27.0. The molecule has 0 saturated heterocycles. The molecule has 0 amide bonds. The minimum absolute atomic E-state index is 0.0304. The number of unbranched alkanes of at least 4 members (excludes halogenated alkanes) is 15. The van der Waals surface area contributed by atoms with Crippen LogP contribution in [-0.2, 0) is 13.6 Å². The molecule has 27 heavy (non-hydrogen) atoms. The molecule has 0 aliphatic rings. The lowest BCUT2D eigenvalue weighted by Crippen LogP contribution is -2.12. The SMILES string of the molecule is CCCCCCCCCCCCCCCCCCO[P+](=O)OCC(C)(C)C. The zero-order chi connectivity index (χ0) is 20.2. The Kier molecular flexibility index (Phi) is 19.4. The van der Waals surface area contributed by atoms with Gasteiger partial charge in [0.1, 0.15) is 13.2 Å². The topological polar surface area (TPSA) is 35.5 Å². The second-order valence-electron chi connectivity index (χ2n) is 9.19. The fourth-order valence-electron chi connectivity index (χ4n) is 3.07. The molecular formula is C23H48O3P+. The van der Waals surface area contributed by atoms with Gasteiger partial charge < -0.3 is 0 Å². The van der Waals surface area contributed by atoms with E-state index in [2.05, 4.69) is 27.7 Å². The van der Waals surface area contributed by atoms with Gasteiger partial charge in [-0.25, -0.2) is 0 Å². The first-order valence-electron chi connectivity index (χ1n) is 11.7. The summed E-state index contributed by atoms with van der Waals surface area (Å²) in [7, 11) is -1.94. The molecule has 0 spiro atoms. The van der Waals surface area contributed by atoms with Gasteiger partial charge in [0, 0.05) is 4.57 Å². The minimum atomic E-state index is -1.94. The van der Waals surface area contributed by atoms with E-state index in [4.69, 9.17) is 9.05 Å². The average Bonchev–Trinajstić information content (AvgIpc) is 2.62. The summed E-state index contributed by atoms with van der Waals surface area (Å²) >= 11 is 0. The Balaban J connectivity index is 3.14. The predicted molar refractivity (Wildman–Crippen MR) is 119 cm³/mol. The van der Waals surface area contributed by atoms with Crippen molar-refractivity contribution >= 4 is 8.25 Å². The molecule has 0 aromatic rings. The molecule has 0 bridgehead atoms. The van der Waals surface area contributed by atoms with Crippen molar-refractivity contribution < 1.29 is 13.6 Å². The highest BCUT2D eigenvalue weighted by Crippen LogP contribution is 2.28. The number of rotatable bonds is 20. The first-order valence-corrected chi connectivity index (χ1v) is 12.8. The Hall–Kier alpha value is 0.0200. The second kappa shape index (κ2) is 19.3. The van der Waals surface area contributed by atoms with Gasteiger partial charge in [-0.1, -0.05) is 124 Å². The maximum absolute atomic E-state index is 11.6. The zero-order valence-corrected chi connectivity index (χ0v) is 19.8. The molecule has 0 fully saturated rings. The summed E-state index contributed by atoms with van der Waals surface area (Å²) in [4.78, 5) is 0. The molecule has 1 atom stereocenters. The normalized spacial score (nSPS) is 12.5. The highest BCUT2D eigenvalue weighted by Gasteiger charge is 2.24. The van der Waals surface area contributed by atoms with E-state index >= 15 is 0 Å². The second-order valence-corrected chi connectivity index (χ2v) is 10.2. The Morgan fingerprint density at radius 2 is 0.963 bits per heavy atom. The molecule has 0 radical (unpaired) electrons. The van der Waals surface area contributed by atoms with Crippen molar-refractivity contribution in [3.05, 3.63) is 0 Å². The lowest BCUT2D eigenvalue weighted by Gasteiger charge is -2.12. The molecule has 0 aliphatic carbocycles. The molecule has 0 heterocycles. The Bertz CT molecular complexity index is 326. The van der Waals surface area contributed by atoms with E-state index < -0.39 is 8.25 Å². The van der Waals surface area contributed by atoms with Crippen molar-refractivity contribution in [1.82, 2.24) is 0 Å². The fourth-order valence-corrected chi connectivity index (χ4v) is 3.92. The van der Waals surface area contributed by atoms with Crippen LogP contribution in [0.25, 0.3) is 0 Å². The molecular weight excluding hydrogens is 355 g/mol. The summed E-state index contributed by atoms with van der Waals surface area (Å²) in [5, 5.41) is 0. The van der Waals surface area contributed by atoms with Crippen LogP contribution < -0.4 is 0 Å². The average molecular weight is 404 g/mol. The van der Waals surface area contributed by atoms with Gasteiger partial charge in [0.2, 0.25) is 0 Å². The standard InChI is InChI=1S/C23H48O3P/c1-5-6-7-8-9-10-11-12-13-14-15-16-17-18-19-20-21-25-27(24)26-22-23(2,3)4/h5-22H2,1-4H3/q+1. The van der Waals surface area contributed by atoms with Crippen LogP contribution in [0.15, 0.2) is 0 Å². The first-order chi connectivity index (χ1) is 13.0. The van der Waals surface area contributed by atoms with Crippen LogP contribution in [0.1, 0.15) is 130 Å². The van der Waals surface area contributed by atoms with Crippen LogP contribution in [0, 0.1) is 5.41 Å². The van der Waals surface area contributed by atoms with Crippen LogP contribution in [-0.4, -0.2) is 13.2 Å². The van der Waals surface area contributed by atoms with E-state index in [1.165, 1.54) is 96.3 Å². The molecule has 4 heteroatoms. The van der Waals surface area contributed by atoms with Gasteiger partial charge in [-0.3, -0.25) is 0 Å². The van der Waals surface area contributed by atoms with Crippen molar-refractivity contribution in [3.8, 4) is 0 Å². The van der Waals surface area contributed by atoms with Crippen molar-refractivity contribution in [2.24, 2.45) is 5.41 Å². The lowest BCUT2D eigenvalue weighted by molar-refractivity contribution is 0.164. The molecule has 0 saturated carbocycles. The molecule has 0 aliphatic heterocycles. The van der Waals surface area contributed by atoms with E-state index in [9.17, 15) is 4.57 Å². The summed E-state index contributed by atoms with van der Waals surface area (Å²) in [5.41, 5.74) is 0.0304. The molecule has 162 valence electrons. The third-order valence-electron chi connectivity index (χ3n) is 4.80. The maximum Gasteiger partial charge on any atom is 0.697 e. The Morgan fingerprint density at radius 1 is 0.593 bits per heavy atom. The largest absolute Gasteiger partial charge is 0.697 e. The van der Waals surface area contributed by atoms with Crippen LogP contribution in [0.5, 0.6) is 0 Å². The van der Waals surface area contributed by atoms with Gasteiger partial charge in [-0.05, 0) is 11.8 Å². The van der Waals surface area contributed by atoms with Gasteiger partial charge in [0.25, 0.3) is 0 Å². The summed E-state index contributed by atoms with van der Waals surface area (Å²) in [5.74, 6) is 0. The van der Waals surface area contributed by atoms with Crippen LogP contribution in [0.3, 0.4) is 0 Å². The summed E-state index contributed by atoms with van der Waals surface area (Å²) in [6.45, 7) is 9.49. The van der Waals surface area contributed by atoms with Crippen molar-refractivity contribution in [2.75, 3.05) is 13.2 Å². The monoisotopic (exact) mass is 403 g/mol. The van der Waals surface area contributed by atoms with Gasteiger partial charge in [-0.2, -0.15) is 0 Å². The number of hydrogen-bond acceptors (Lipinski definition) is 3. The summed E-state index contributed by atoms with van der Waals surface area (Å²) in [6, 6.07) is 0. The molecule has 1 unspecified atom stereocenters. The van der Waals surface area contributed by atoms with E-state index in [1.807, 2.05) is 0 Å². The molecule has 0 rings (SSSR count). The highest BCUT2D eigenvalue weighted by atomic mass is 31.1. The van der Waals surface area contributed by atoms with E-state index in [0.717, 1.165) is 6.42 Å². The van der Waals surface area contributed by atoms with Crippen molar-refractivity contribution in [2.45, 2.75) is 130 Å². The van der Waals surface area contributed by atoms with Crippen molar-refractivity contribution in [1.29, 1.82) is 0 Å².